The van der Waals surface area contributed by atoms with E-state index in [2.05, 4.69) is 10.0 Å². The molecular formula is C14H23ClN2O3S. The van der Waals surface area contributed by atoms with Gasteiger partial charge in [-0.25, -0.2) is 13.1 Å². The van der Waals surface area contributed by atoms with Crippen LogP contribution in [0.5, 0.6) is 0 Å². The summed E-state index contributed by atoms with van der Waals surface area (Å²) in [4.78, 5) is 0.212. The molecular weight excluding hydrogens is 312 g/mol. The monoisotopic (exact) mass is 334 g/mol. The molecule has 1 rings (SSSR count). The topological polar surface area (TPSA) is 67.4 Å². The van der Waals surface area contributed by atoms with Crippen LogP contribution < -0.4 is 10.0 Å². The zero-order valence-corrected chi connectivity index (χ0v) is 14.4. The third-order valence-corrected chi connectivity index (χ3v) is 4.95. The SMILES string of the molecule is CCOCC(C)NS(=O)(=O)c1cc(Cl)cc(CNC)c1C. The molecule has 0 aromatic heterocycles. The summed E-state index contributed by atoms with van der Waals surface area (Å²) < 4.78 is 32.8. The Morgan fingerprint density at radius 1 is 1.38 bits per heavy atom. The minimum absolute atomic E-state index is 0.212. The van der Waals surface area contributed by atoms with Crippen LogP contribution in [0.2, 0.25) is 5.02 Å². The fourth-order valence-electron chi connectivity index (χ4n) is 2.02. The number of hydrogen-bond donors (Lipinski definition) is 2. The van der Waals surface area contributed by atoms with Crippen molar-refractivity contribution in [2.45, 2.75) is 38.3 Å². The predicted octanol–water partition coefficient (Wildman–Crippen LogP) is 2.07. The standard InChI is InChI=1S/C14H23ClN2O3S/c1-5-20-9-10(2)17-21(18,19)14-7-13(15)6-12(8-16-4)11(14)3/h6-7,10,16-17H,5,8-9H2,1-4H3. The first-order valence-corrected chi connectivity index (χ1v) is 8.71. The summed E-state index contributed by atoms with van der Waals surface area (Å²) in [6.07, 6.45) is 0. The van der Waals surface area contributed by atoms with Crippen LogP contribution in [0, 0.1) is 6.92 Å². The van der Waals surface area contributed by atoms with Gasteiger partial charge >= 0.3 is 0 Å². The van der Waals surface area contributed by atoms with Crippen molar-refractivity contribution < 1.29 is 13.2 Å². The van der Waals surface area contributed by atoms with Crippen LogP contribution in [0.1, 0.15) is 25.0 Å². The third-order valence-electron chi connectivity index (χ3n) is 3.02. The van der Waals surface area contributed by atoms with Crippen molar-refractivity contribution in [3.05, 3.63) is 28.3 Å². The van der Waals surface area contributed by atoms with Crippen molar-refractivity contribution >= 4 is 21.6 Å². The Labute approximate surface area is 132 Å². The second-order valence-corrected chi connectivity index (χ2v) is 7.02. The van der Waals surface area contributed by atoms with Crippen LogP contribution >= 0.6 is 11.6 Å². The van der Waals surface area contributed by atoms with E-state index in [1.807, 2.05) is 6.92 Å². The summed E-state index contributed by atoms with van der Waals surface area (Å²) in [6, 6.07) is 2.95. The number of nitrogens with one attached hydrogen (secondary N) is 2. The van der Waals surface area contributed by atoms with Crippen LogP contribution in [0.25, 0.3) is 0 Å². The summed E-state index contributed by atoms with van der Waals surface area (Å²) in [7, 11) is -1.82. The van der Waals surface area contributed by atoms with Gasteiger partial charge in [0.05, 0.1) is 11.5 Å². The number of hydrogen-bond acceptors (Lipinski definition) is 4. The highest BCUT2D eigenvalue weighted by molar-refractivity contribution is 7.89. The molecule has 1 aromatic carbocycles. The highest BCUT2D eigenvalue weighted by Gasteiger charge is 2.21. The van der Waals surface area contributed by atoms with E-state index >= 15 is 0 Å². The third kappa shape index (κ3) is 5.23. The predicted molar refractivity (Wildman–Crippen MR) is 85.2 cm³/mol. The van der Waals surface area contributed by atoms with E-state index in [9.17, 15) is 8.42 Å². The first-order chi connectivity index (χ1) is 9.81. The Kier molecular flexibility index (Phi) is 7.09. The van der Waals surface area contributed by atoms with Crippen molar-refractivity contribution in [3.63, 3.8) is 0 Å². The molecule has 1 unspecified atom stereocenters. The van der Waals surface area contributed by atoms with Gasteiger partial charge in [-0.15, -0.1) is 0 Å². The van der Waals surface area contributed by atoms with E-state index in [-0.39, 0.29) is 10.9 Å². The molecule has 0 fully saturated rings. The fourth-order valence-corrected chi connectivity index (χ4v) is 3.86. The number of halogens is 1. The van der Waals surface area contributed by atoms with Crippen molar-refractivity contribution in [3.8, 4) is 0 Å². The van der Waals surface area contributed by atoms with Crippen molar-refractivity contribution in [1.82, 2.24) is 10.0 Å². The number of benzene rings is 1. The first-order valence-electron chi connectivity index (χ1n) is 6.85. The van der Waals surface area contributed by atoms with E-state index in [4.69, 9.17) is 16.3 Å². The van der Waals surface area contributed by atoms with E-state index in [1.165, 1.54) is 6.07 Å². The second kappa shape index (κ2) is 8.10. The maximum Gasteiger partial charge on any atom is 0.241 e. The summed E-state index contributed by atoms with van der Waals surface area (Å²) in [5, 5.41) is 3.41. The lowest BCUT2D eigenvalue weighted by Gasteiger charge is -2.17. The molecule has 1 atom stereocenters. The average molecular weight is 335 g/mol. The van der Waals surface area contributed by atoms with Gasteiger partial charge in [0.2, 0.25) is 10.0 Å². The molecule has 120 valence electrons. The molecule has 0 amide bonds. The van der Waals surface area contributed by atoms with Gasteiger partial charge < -0.3 is 10.1 Å². The lowest BCUT2D eigenvalue weighted by molar-refractivity contribution is 0.133. The Morgan fingerprint density at radius 2 is 2.05 bits per heavy atom. The Balaban J connectivity index is 3.07. The van der Waals surface area contributed by atoms with Crippen molar-refractivity contribution in [1.29, 1.82) is 0 Å². The first kappa shape index (κ1) is 18.4. The highest BCUT2D eigenvalue weighted by atomic mass is 35.5. The second-order valence-electron chi connectivity index (χ2n) is 4.90. The molecule has 0 saturated heterocycles. The molecule has 21 heavy (non-hydrogen) atoms. The molecule has 7 heteroatoms. The minimum Gasteiger partial charge on any atom is -0.380 e. The zero-order valence-electron chi connectivity index (χ0n) is 12.9. The summed E-state index contributed by atoms with van der Waals surface area (Å²) in [5.74, 6) is 0. The summed E-state index contributed by atoms with van der Waals surface area (Å²) in [5.41, 5.74) is 1.56. The number of ether oxygens (including phenoxy) is 1. The van der Waals surface area contributed by atoms with Crippen molar-refractivity contribution in [2.75, 3.05) is 20.3 Å². The molecule has 0 heterocycles. The Bertz CT molecular complexity index is 576. The Morgan fingerprint density at radius 3 is 2.62 bits per heavy atom. The molecule has 0 aliphatic carbocycles. The molecule has 0 aliphatic rings. The van der Waals surface area contributed by atoms with Gasteiger partial charge in [0.25, 0.3) is 0 Å². The minimum atomic E-state index is -3.63. The summed E-state index contributed by atoms with van der Waals surface area (Å²) in [6.45, 7) is 6.86. The van der Waals surface area contributed by atoms with Gasteiger partial charge in [-0.3, -0.25) is 0 Å². The van der Waals surface area contributed by atoms with Gasteiger partial charge in [-0.2, -0.15) is 0 Å². The Hall–Kier alpha value is -0.660. The van der Waals surface area contributed by atoms with E-state index in [0.717, 1.165) is 5.56 Å². The molecule has 1 aromatic rings. The molecule has 0 radical (unpaired) electrons. The van der Waals surface area contributed by atoms with Gasteiger partial charge in [0.1, 0.15) is 0 Å². The quantitative estimate of drug-likeness (QED) is 0.763. The maximum atomic E-state index is 12.5. The maximum absolute atomic E-state index is 12.5. The smallest absolute Gasteiger partial charge is 0.241 e. The van der Waals surface area contributed by atoms with Crippen LogP contribution in [0.4, 0.5) is 0 Å². The zero-order chi connectivity index (χ0) is 16.0. The van der Waals surface area contributed by atoms with Crippen molar-refractivity contribution in [2.24, 2.45) is 0 Å². The number of rotatable bonds is 8. The lowest BCUT2D eigenvalue weighted by atomic mass is 10.1. The van der Waals surface area contributed by atoms with Gasteiger partial charge in [0.15, 0.2) is 0 Å². The van der Waals surface area contributed by atoms with Gasteiger partial charge in [-0.1, -0.05) is 11.6 Å². The lowest BCUT2D eigenvalue weighted by Crippen LogP contribution is -2.36. The number of sulfonamides is 1. The van der Waals surface area contributed by atoms with Crippen LogP contribution in [-0.4, -0.2) is 34.7 Å². The molecule has 0 spiro atoms. The van der Waals surface area contributed by atoms with Gasteiger partial charge in [0, 0.05) is 24.2 Å². The van der Waals surface area contributed by atoms with Crippen LogP contribution in [-0.2, 0) is 21.3 Å². The molecule has 2 N–H and O–H groups in total. The van der Waals surface area contributed by atoms with E-state index < -0.39 is 10.0 Å². The molecule has 0 saturated carbocycles. The van der Waals surface area contributed by atoms with Crippen LogP contribution in [0.3, 0.4) is 0 Å². The van der Waals surface area contributed by atoms with E-state index in [0.29, 0.717) is 30.3 Å². The molecule has 0 aliphatic heterocycles. The van der Waals surface area contributed by atoms with Gasteiger partial charge in [-0.05, 0) is 51.1 Å². The highest BCUT2D eigenvalue weighted by Crippen LogP contribution is 2.24. The van der Waals surface area contributed by atoms with Crippen LogP contribution in [0.15, 0.2) is 17.0 Å². The molecule has 5 nitrogen and oxygen atoms in total. The summed E-state index contributed by atoms with van der Waals surface area (Å²) >= 11 is 6.04. The largest absolute Gasteiger partial charge is 0.380 e. The van der Waals surface area contributed by atoms with E-state index in [1.54, 1.807) is 27.0 Å². The normalized spacial score (nSPS) is 13.4. The average Bonchev–Trinajstić information content (AvgIpc) is 2.39. The fraction of sp³-hybridized carbons (Fsp3) is 0.571. The molecule has 0 bridgehead atoms.